The fourth-order valence-corrected chi connectivity index (χ4v) is 3.30. The highest BCUT2D eigenvalue weighted by molar-refractivity contribution is 5.65. The smallest absolute Gasteiger partial charge is 0.403 e. The monoisotopic (exact) mass is 363 g/mol. The number of hydrogen-bond acceptors (Lipinski definition) is 1. The molecule has 1 aliphatic rings. The zero-order chi connectivity index (χ0) is 18.7. The van der Waals surface area contributed by atoms with Crippen LogP contribution < -0.4 is 4.74 Å². The Kier molecular flexibility index (Phi) is 5.35. The highest BCUT2D eigenvalue weighted by atomic mass is 19.4. The van der Waals surface area contributed by atoms with Crippen molar-refractivity contribution in [1.82, 2.24) is 0 Å². The second-order valence-electron chi connectivity index (χ2n) is 6.45. The molecule has 2 aromatic rings. The maximum absolute atomic E-state index is 13.9. The highest BCUT2D eigenvalue weighted by Crippen LogP contribution is 2.36. The van der Waals surface area contributed by atoms with Crippen LogP contribution in [0.15, 0.2) is 55.1 Å². The largest absolute Gasteiger partial charge is 0.573 e. The topological polar surface area (TPSA) is 9.23 Å². The maximum Gasteiger partial charge on any atom is 0.573 e. The number of benzene rings is 2. The third-order valence-electron chi connectivity index (χ3n) is 4.75. The predicted molar refractivity (Wildman–Crippen MR) is 93.0 cm³/mol. The lowest BCUT2D eigenvalue weighted by Gasteiger charge is -2.26. The molecule has 1 saturated carbocycles. The summed E-state index contributed by atoms with van der Waals surface area (Å²) < 4.78 is 54.2. The van der Waals surface area contributed by atoms with Gasteiger partial charge in [0.25, 0.3) is 0 Å². The Morgan fingerprint density at radius 3 is 2.04 bits per heavy atom. The lowest BCUT2D eigenvalue weighted by atomic mass is 9.78. The van der Waals surface area contributed by atoms with Crippen LogP contribution in [0, 0.1) is 17.7 Å². The predicted octanol–water partition coefficient (Wildman–Crippen LogP) is 6.69. The van der Waals surface area contributed by atoms with E-state index in [4.69, 9.17) is 0 Å². The molecule has 5 heteroatoms. The number of alkyl halides is 3. The Morgan fingerprint density at radius 2 is 1.50 bits per heavy atom. The van der Waals surface area contributed by atoms with E-state index < -0.39 is 17.9 Å². The van der Waals surface area contributed by atoms with Crippen molar-refractivity contribution >= 4 is 0 Å². The van der Waals surface area contributed by atoms with Gasteiger partial charge in [-0.2, -0.15) is 0 Å². The molecule has 0 aliphatic heterocycles. The van der Waals surface area contributed by atoms with Crippen LogP contribution in [0.1, 0.15) is 31.2 Å². The maximum atomic E-state index is 13.9. The first-order valence-electron chi connectivity index (χ1n) is 8.49. The number of halogens is 4. The molecule has 1 aliphatic carbocycles. The summed E-state index contributed by atoms with van der Waals surface area (Å²) in [5.74, 6) is 0.113. The molecule has 0 heterocycles. The van der Waals surface area contributed by atoms with Gasteiger partial charge in [0.2, 0.25) is 0 Å². The van der Waals surface area contributed by atoms with Gasteiger partial charge in [-0.3, -0.25) is 0 Å². The van der Waals surface area contributed by atoms with Crippen molar-refractivity contribution in [2.45, 2.75) is 32.0 Å². The molecule has 0 amide bonds. The summed E-state index contributed by atoms with van der Waals surface area (Å²) in [7, 11) is 0. The molecule has 1 radical (unpaired) electrons. The van der Waals surface area contributed by atoms with Gasteiger partial charge in [-0.1, -0.05) is 36.4 Å². The van der Waals surface area contributed by atoms with E-state index in [2.05, 4.69) is 11.3 Å². The zero-order valence-electron chi connectivity index (χ0n) is 14.2. The van der Waals surface area contributed by atoms with Crippen LogP contribution in [0.5, 0.6) is 5.75 Å². The van der Waals surface area contributed by atoms with Gasteiger partial charge in [0.15, 0.2) is 11.6 Å². The molecule has 0 unspecified atom stereocenters. The van der Waals surface area contributed by atoms with E-state index in [9.17, 15) is 17.6 Å². The average Bonchev–Trinajstić information content (AvgIpc) is 2.63. The van der Waals surface area contributed by atoms with Gasteiger partial charge in [-0.25, -0.2) is 4.39 Å². The number of hydrogen-bond donors (Lipinski definition) is 0. The first-order chi connectivity index (χ1) is 12.4. The van der Waals surface area contributed by atoms with Crippen molar-refractivity contribution in [3.8, 4) is 16.9 Å². The Bertz CT molecular complexity index is 757. The summed E-state index contributed by atoms with van der Waals surface area (Å²) in [5, 5.41) is 0. The molecule has 0 spiro atoms. The van der Waals surface area contributed by atoms with Crippen molar-refractivity contribution in [1.29, 1.82) is 0 Å². The Hall–Kier alpha value is -2.30. The molecule has 1 nitrogen and oxygen atoms in total. The zero-order valence-corrected chi connectivity index (χ0v) is 14.2. The first kappa shape index (κ1) is 18.5. The fraction of sp³-hybridized carbons (Fsp3) is 0.286. The summed E-state index contributed by atoms with van der Waals surface area (Å²) in [6, 6.07) is 11.2. The van der Waals surface area contributed by atoms with Crippen LogP contribution in [0.25, 0.3) is 11.1 Å². The van der Waals surface area contributed by atoms with Crippen molar-refractivity contribution in [3.63, 3.8) is 0 Å². The minimum atomic E-state index is -4.91. The number of ether oxygens (including phenoxy) is 1. The second-order valence-corrected chi connectivity index (χ2v) is 6.45. The van der Waals surface area contributed by atoms with Gasteiger partial charge >= 0.3 is 6.36 Å². The molecule has 3 rings (SSSR count). The van der Waals surface area contributed by atoms with Crippen LogP contribution >= 0.6 is 0 Å². The van der Waals surface area contributed by atoms with Crippen LogP contribution in [0.2, 0.25) is 0 Å². The second kappa shape index (κ2) is 7.52. The molecule has 26 heavy (non-hydrogen) atoms. The number of allylic oxidation sites excluding steroid dienone is 1. The van der Waals surface area contributed by atoms with Crippen LogP contribution in [-0.4, -0.2) is 6.36 Å². The molecule has 0 bridgehead atoms. The average molecular weight is 363 g/mol. The van der Waals surface area contributed by atoms with Crippen LogP contribution in [0.4, 0.5) is 17.6 Å². The lowest BCUT2D eigenvalue weighted by Crippen LogP contribution is -2.17. The van der Waals surface area contributed by atoms with E-state index >= 15 is 0 Å². The molecule has 2 aromatic carbocycles. The molecule has 0 atom stereocenters. The van der Waals surface area contributed by atoms with Crippen LogP contribution in [0.3, 0.4) is 0 Å². The quantitative estimate of drug-likeness (QED) is 0.434. The summed E-state index contributed by atoms with van der Waals surface area (Å²) in [6.07, 6.45) is 1.38. The van der Waals surface area contributed by atoms with Gasteiger partial charge < -0.3 is 4.74 Å². The van der Waals surface area contributed by atoms with Crippen molar-refractivity contribution in [2.24, 2.45) is 5.92 Å². The van der Waals surface area contributed by atoms with Gasteiger partial charge in [0, 0.05) is 5.92 Å². The normalized spacial score (nSPS) is 16.5. The standard InChI is InChI=1S/C21H19F4O/c1-2-14-3-5-15(6-4-14)16-7-9-17(10-8-16)18-11-12-20(19(22)13-18)26-21(23,24)25/h2,7-14H,1,3-6H2. The van der Waals surface area contributed by atoms with Crippen molar-refractivity contribution < 1.29 is 22.3 Å². The Morgan fingerprint density at radius 1 is 0.923 bits per heavy atom. The molecule has 0 N–H and O–H groups in total. The van der Waals surface area contributed by atoms with E-state index in [0.717, 1.165) is 48.9 Å². The molecular formula is C21H19F4O. The fourth-order valence-electron chi connectivity index (χ4n) is 3.30. The first-order valence-corrected chi connectivity index (χ1v) is 8.49. The third kappa shape index (κ3) is 4.45. The summed E-state index contributed by atoms with van der Waals surface area (Å²) in [5.41, 5.74) is 2.41. The van der Waals surface area contributed by atoms with Gasteiger partial charge in [0.1, 0.15) is 0 Å². The third-order valence-corrected chi connectivity index (χ3v) is 4.75. The molecule has 137 valence electrons. The molecule has 0 aromatic heterocycles. The molecule has 1 fully saturated rings. The lowest BCUT2D eigenvalue weighted by molar-refractivity contribution is -0.275. The van der Waals surface area contributed by atoms with Crippen LogP contribution in [-0.2, 0) is 0 Å². The van der Waals surface area contributed by atoms with Gasteiger partial charge in [-0.15, -0.1) is 19.8 Å². The SMILES string of the molecule is C=CC1CC[C](c2ccc(-c3ccc(OC(F)(F)F)c(F)c3)cc2)CC1. The van der Waals surface area contributed by atoms with E-state index in [1.165, 1.54) is 12.0 Å². The van der Waals surface area contributed by atoms with E-state index in [0.29, 0.717) is 11.5 Å². The van der Waals surface area contributed by atoms with Crippen molar-refractivity contribution in [3.05, 3.63) is 72.4 Å². The summed E-state index contributed by atoms with van der Waals surface area (Å²) in [4.78, 5) is 0. The van der Waals surface area contributed by atoms with E-state index in [1.54, 1.807) is 0 Å². The highest BCUT2D eigenvalue weighted by Gasteiger charge is 2.32. The van der Waals surface area contributed by atoms with E-state index in [1.807, 2.05) is 30.3 Å². The minimum absolute atomic E-state index is 0.504. The Labute approximate surface area is 150 Å². The summed E-state index contributed by atoms with van der Waals surface area (Å²) >= 11 is 0. The molecular weight excluding hydrogens is 344 g/mol. The minimum Gasteiger partial charge on any atom is -0.403 e. The van der Waals surface area contributed by atoms with Gasteiger partial charge in [-0.05, 0) is 60.4 Å². The van der Waals surface area contributed by atoms with Crippen molar-refractivity contribution in [2.75, 3.05) is 0 Å². The van der Waals surface area contributed by atoms with E-state index in [-0.39, 0.29) is 0 Å². The Balaban J connectivity index is 1.72. The van der Waals surface area contributed by atoms with Gasteiger partial charge in [0.05, 0.1) is 0 Å². The molecule has 0 saturated heterocycles. The number of rotatable bonds is 4. The summed E-state index contributed by atoms with van der Waals surface area (Å²) in [6.45, 7) is 3.85.